The van der Waals surface area contributed by atoms with Crippen molar-refractivity contribution < 1.29 is 18.0 Å². The Labute approximate surface area is 221 Å². The van der Waals surface area contributed by atoms with Crippen molar-refractivity contribution in [2.75, 3.05) is 17.9 Å². The van der Waals surface area contributed by atoms with Gasteiger partial charge in [-0.3, -0.25) is 13.9 Å². The zero-order valence-electron chi connectivity index (χ0n) is 19.9. The summed E-state index contributed by atoms with van der Waals surface area (Å²) in [5, 5.41) is 3.45. The quantitative estimate of drug-likeness (QED) is 0.397. The lowest BCUT2D eigenvalue weighted by molar-refractivity contribution is -0.140. The van der Waals surface area contributed by atoms with Gasteiger partial charge < -0.3 is 10.2 Å². The Morgan fingerprint density at radius 1 is 0.917 bits per heavy atom. The van der Waals surface area contributed by atoms with E-state index >= 15 is 0 Å². The summed E-state index contributed by atoms with van der Waals surface area (Å²) >= 11 is 12.2. The van der Waals surface area contributed by atoms with Gasteiger partial charge in [-0.05, 0) is 54.4 Å². The van der Waals surface area contributed by atoms with E-state index in [4.69, 9.17) is 23.2 Å². The molecule has 10 heteroatoms. The molecule has 0 heterocycles. The third-order valence-corrected chi connectivity index (χ3v) is 7.88. The molecular weight excluding hydrogens is 521 g/mol. The Morgan fingerprint density at radius 2 is 1.58 bits per heavy atom. The highest BCUT2D eigenvalue weighted by Crippen LogP contribution is 2.27. The molecular formula is C26H27Cl2N3O4S. The molecule has 0 aliphatic heterocycles. The molecule has 0 saturated carbocycles. The molecule has 0 fully saturated rings. The largest absolute Gasteiger partial charge is 0.357 e. The van der Waals surface area contributed by atoms with Crippen molar-refractivity contribution in [3.05, 3.63) is 94.5 Å². The third-order valence-electron chi connectivity index (χ3n) is 5.60. The monoisotopic (exact) mass is 547 g/mol. The molecule has 3 rings (SSSR count). The molecule has 0 unspecified atom stereocenters. The fourth-order valence-corrected chi connectivity index (χ4v) is 5.49. The first-order chi connectivity index (χ1) is 17.2. The number of halogens is 2. The second kappa shape index (κ2) is 12.3. The van der Waals surface area contributed by atoms with Crippen molar-refractivity contribution in [1.29, 1.82) is 0 Å². The lowest BCUT2D eigenvalue weighted by atomic mass is 10.1. The maximum Gasteiger partial charge on any atom is 0.264 e. The van der Waals surface area contributed by atoms with E-state index in [-0.39, 0.29) is 23.0 Å². The SMILES string of the molecule is CC[C@@H](C(=O)NC)N(Cc1ccc(Cl)cc1)C(=O)CN(c1cccc(Cl)c1)S(=O)(=O)c1ccccc1. The Balaban J connectivity index is 2.04. The highest BCUT2D eigenvalue weighted by atomic mass is 35.5. The second-order valence-electron chi connectivity index (χ2n) is 7.99. The first-order valence-corrected chi connectivity index (χ1v) is 13.5. The first kappa shape index (κ1) is 27.5. The minimum atomic E-state index is -4.13. The van der Waals surface area contributed by atoms with Gasteiger partial charge >= 0.3 is 0 Å². The molecule has 3 aromatic carbocycles. The van der Waals surface area contributed by atoms with Gasteiger partial charge in [-0.1, -0.05) is 66.5 Å². The van der Waals surface area contributed by atoms with Crippen LogP contribution in [-0.2, 0) is 26.2 Å². The van der Waals surface area contributed by atoms with Crippen LogP contribution in [0.4, 0.5) is 5.69 Å². The van der Waals surface area contributed by atoms with Crippen LogP contribution in [0.15, 0.2) is 83.8 Å². The fraction of sp³-hybridized carbons (Fsp3) is 0.231. The van der Waals surface area contributed by atoms with E-state index in [9.17, 15) is 18.0 Å². The average Bonchev–Trinajstić information content (AvgIpc) is 2.88. The number of hydrogen-bond donors (Lipinski definition) is 1. The normalized spacial score (nSPS) is 12.0. The van der Waals surface area contributed by atoms with E-state index in [1.165, 1.54) is 30.1 Å². The summed E-state index contributed by atoms with van der Waals surface area (Å²) in [4.78, 5) is 27.9. The van der Waals surface area contributed by atoms with Crippen LogP contribution in [0.1, 0.15) is 18.9 Å². The Kier molecular flexibility index (Phi) is 9.37. The van der Waals surface area contributed by atoms with Crippen LogP contribution in [0.5, 0.6) is 0 Å². The molecule has 3 aromatic rings. The predicted octanol–water partition coefficient (Wildman–Crippen LogP) is 4.74. The smallest absolute Gasteiger partial charge is 0.264 e. The van der Waals surface area contributed by atoms with Crippen molar-refractivity contribution in [3.63, 3.8) is 0 Å². The van der Waals surface area contributed by atoms with Crippen LogP contribution in [0, 0.1) is 0 Å². The zero-order valence-corrected chi connectivity index (χ0v) is 22.2. The number of rotatable bonds is 10. The average molecular weight is 548 g/mol. The molecule has 2 amide bonds. The number of benzene rings is 3. The summed E-state index contributed by atoms with van der Waals surface area (Å²) in [7, 11) is -2.63. The molecule has 0 aliphatic rings. The van der Waals surface area contributed by atoms with Gasteiger partial charge in [0.1, 0.15) is 12.6 Å². The standard InChI is InChI=1S/C26H27Cl2N3O4S/c1-3-24(26(33)29-2)30(17-19-12-14-20(27)15-13-19)25(32)18-31(22-9-7-8-21(28)16-22)36(34,35)23-10-5-4-6-11-23/h4-16,24H,3,17-18H2,1-2H3,(H,29,33)/t24-/m0/s1. The van der Waals surface area contributed by atoms with Crippen molar-refractivity contribution >= 4 is 50.7 Å². The number of hydrogen-bond acceptors (Lipinski definition) is 4. The van der Waals surface area contributed by atoms with Gasteiger partial charge in [0.15, 0.2) is 0 Å². The van der Waals surface area contributed by atoms with Gasteiger partial charge in [-0.2, -0.15) is 0 Å². The molecule has 1 N–H and O–H groups in total. The van der Waals surface area contributed by atoms with E-state index in [0.29, 0.717) is 16.5 Å². The minimum absolute atomic E-state index is 0.0281. The van der Waals surface area contributed by atoms with E-state index in [2.05, 4.69) is 5.32 Å². The third kappa shape index (κ3) is 6.57. The summed E-state index contributed by atoms with van der Waals surface area (Å²) in [6.07, 6.45) is 0.335. The number of amides is 2. The summed E-state index contributed by atoms with van der Waals surface area (Å²) in [5.74, 6) is -0.889. The van der Waals surface area contributed by atoms with Crippen LogP contribution in [-0.4, -0.2) is 44.8 Å². The number of carbonyl (C=O) groups excluding carboxylic acids is 2. The fourth-order valence-electron chi connectivity index (χ4n) is 3.75. The lowest BCUT2D eigenvalue weighted by Gasteiger charge is -2.33. The van der Waals surface area contributed by atoms with Crippen molar-refractivity contribution in [2.24, 2.45) is 0 Å². The van der Waals surface area contributed by atoms with Gasteiger partial charge in [0.05, 0.1) is 10.6 Å². The first-order valence-electron chi connectivity index (χ1n) is 11.3. The van der Waals surface area contributed by atoms with Gasteiger partial charge in [0.2, 0.25) is 11.8 Å². The van der Waals surface area contributed by atoms with E-state index in [0.717, 1.165) is 9.87 Å². The molecule has 190 valence electrons. The molecule has 0 spiro atoms. The van der Waals surface area contributed by atoms with Crippen molar-refractivity contribution in [1.82, 2.24) is 10.2 Å². The van der Waals surface area contributed by atoms with Crippen LogP contribution >= 0.6 is 23.2 Å². The Morgan fingerprint density at radius 3 is 2.17 bits per heavy atom. The molecule has 36 heavy (non-hydrogen) atoms. The van der Waals surface area contributed by atoms with E-state index in [1.54, 1.807) is 67.6 Å². The van der Waals surface area contributed by atoms with Crippen LogP contribution in [0.3, 0.4) is 0 Å². The summed E-state index contributed by atoms with van der Waals surface area (Å²) < 4.78 is 28.3. The van der Waals surface area contributed by atoms with Crippen molar-refractivity contribution in [3.8, 4) is 0 Å². The molecule has 0 radical (unpaired) electrons. The molecule has 0 saturated heterocycles. The minimum Gasteiger partial charge on any atom is -0.357 e. The summed E-state index contributed by atoms with van der Waals surface area (Å²) in [5.41, 5.74) is 0.981. The van der Waals surface area contributed by atoms with Gasteiger partial charge in [-0.25, -0.2) is 8.42 Å². The maximum atomic E-state index is 13.8. The lowest BCUT2D eigenvalue weighted by Crippen LogP contribution is -2.51. The number of nitrogens with zero attached hydrogens (tertiary/aromatic N) is 2. The molecule has 0 aromatic heterocycles. The predicted molar refractivity (Wildman–Crippen MR) is 143 cm³/mol. The number of likely N-dealkylation sites (N-methyl/N-ethyl adjacent to an activating group) is 1. The number of anilines is 1. The second-order valence-corrected chi connectivity index (χ2v) is 10.7. The highest BCUT2D eigenvalue weighted by Gasteiger charge is 2.33. The topological polar surface area (TPSA) is 86.8 Å². The summed E-state index contributed by atoms with van der Waals surface area (Å²) in [6, 6.07) is 20.2. The van der Waals surface area contributed by atoms with Gasteiger partial charge in [-0.15, -0.1) is 0 Å². The number of carbonyl (C=O) groups is 2. The van der Waals surface area contributed by atoms with E-state index < -0.39 is 28.5 Å². The maximum absolute atomic E-state index is 13.8. The van der Waals surface area contributed by atoms with Crippen LogP contribution in [0.2, 0.25) is 10.0 Å². The number of nitrogens with one attached hydrogen (secondary N) is 1. The van der Waals surface area contributed by atoms with Gasteiger partial charge in [0, 0.05) is 23.6 Å². The van der Waals surface area contributed by atoms with Crippen LogP contribution in [0.25, 0.3) is 0 Å². The molecule has 7 nitrogen and oxygen atoms in total. The molecule has 1 atom stereocenters. The zero-order chi connectivity index (χ0) is 26.3. The van der Waals surface area contributed by atoms with Gasteiger partial charge in [0.25, 0.3) is 10.0 Å². The Hall–Kier alpha value is -3.07. The van der Waals surface area contributed by atoms with E-state index in [1.807, 2.05) is 0 Å². The number of sulfonamides is 1. The van der Waals surface area contributed by atoms with Crippen LogP contribution < -0.4 is 9.62 Å². The Bertz CT molecular complexity index is 1300. The molecule has 0 bridgehead atoms. The summed E-state index contributed by atoms with van der Waals surface area (Å²) in [6.45, 7) is 1.35. The van der Waals surface area contributed by atoms with Crippen molar-refractivity contribution in [2.45, 2.75) is 30.8 Å². The highest BCUT2D eigenvalue weighted by molar-refractivity contribution is 7.92. The molecule has 0 aliphatic carbocycles.